The van der Waals surface area contributed by atoms with Crippen LogP contribution in [0.2, 0.25) is 0 Å². The molecule has 0 saturated carbocycles. The van der Waals surface area contributed by atoms with Crippen LogP contribution in [-0.4, -0.2) is 61.6 Å². The zero-order valence-electron chi connectivity index (χ0n) is 14.9. The van der Waals surface area contributed by atoms with Crippen molar-refractivity contribution in [3.63, 3.8) is 0 Å². The summed E-state index contributed by atoms with van der Waals surface area (Å²) < 4.78 is 0. The predicted molar refractivity (Wildman–Crippen MR) is 94.0 cm³/mol. The summed E-state index contributed by atoms with van der Waals surface area (Å²) in [6, 6.07) is 0.419. The van der Waals surface area contributed by atoms with Crippen LogP contribution in [0.4, 0.5) is 0 Å². The van der Waals surface area contributed by atoms with Crippen LogP contribution in [0.1, 0.15) is 38.5 Å². The molecule has 25 heavy (non-hydrogen) atoms. The van der Waals surface area contributed by atoms with E-state index in [1.807, 2.05) is 0 Å². The molecule has 4 aliphatic rings. The highest BCUT2D eigenvalue weighted by Gasteiger charge is 2.39. The maximum atomic E-state index is 11.4. The molecule has 0 aromatic carbocycles. The molecular formula is C17H32N6O2. The quantitative estimate of drug-likeness (QED) is 0.444. The van der Waals surface area contributed by atoms with Crippen molar-refractivity contribution in [1.82, 2.24) is 26.3 Å². The van der Waals surface area contributed by atoms with Gasteiger partial charge in [-0.15, -0.1) is 0 Å². The zero-order chi connectivity index (χ0) is 17.2. The Hall–Kier alpha value is -0.770. The number of nitrogens with two attached hydrogens (primary N) is 1. The first kappa shape index (κ1) is 17.6. The van der Waals surface area contributed by atoms with Gasteiger partial charge in [0.25, 0.3) is 0 Å². The first-order chi connectivity index (χ1) is 12.2. The Morgan fingerprint density at radius 1 is 1.08 bits per heavy atom. The van der Waals surface area contributed by atoms with E-state index in [0.717, 1.165) is 51.9 Å². The fourth-order valence-corrected chi connectivity index (χ4v) is 4.79. The highest BCUT2D eigenvalue weighted by Crippen LogP contribution is 2.27. The van der Waals surface area contributed by atoms with Gasteiger partial charge in [0.1, 0.15) is 6.23 Å². The number of nitrogens with zero attached hydrogens (tertiary/aromatic N) is 1. The molecule has 6 N–H and O–H groups in total. The number of amides is 1. The molecule has 8 heteroatoms. The maximum absolute atomic E-state index is 11.4. The normalized spacial score (nSPS) is 41.2. The SMILES string of the molecule is NC(=O)C1CCN(C2CC(C3NOC([C@H]4CCCN4)N3)CCN2)CC1. The van der Waals surface area contributed by atoms with Gasteiger partial charge in [0.15, 0.2) is 0 Å². The number of hydrogen-bond acceptors (Lipinski definition) is 7. The highest BCUT2D eigenvalue weighted by atomic mass is 16.7. The molecule has 4 fully saturated rings. The topological polar surface area (TPSA) is 104 Å². The summed E-state index contributed by atoms with van der Waals surface area (Å²) in [5.74, 6) is 0.464. The summed E-state index contributed by atoms with van der Waals surface area (Å²) in [7, 11) is 0. The van der Waals surface area contributed by atoms with Crippen molar-refractivity contribution in [2.24, 2.45) is 17.6 Å². The van der Waals surface area contributed by atoms with Crippen molar-refractivity contribution in [1.29, 1.82) is 0 Å². The Balaban J connectivity index is 1.27. The smallest absolute Gasteiger partial charge is 0.220 e. The third-order valence-corrected chi connectivity index (χ3v) is 6.39. The van der Waals surface area contributed by atoms with Crippen LogP contribution in [0.25, 0.3) is 0 Å². The van der Waals surface area contributed by atoms with Gasteiger partial charge < -0.3 is 16.4 Å². The van der Waals surface area contributed by atoms with Crippen molar-refractivity contribution in [3.05, 3.63) is 0 Å². The molecule has 0 spiro atoms. The standard InChI is InChI=1S/C17H32N6O2/c18-15(24)11-4-8-23(9-5-11)14-10-12(3-7-20-14)16-21-17(25-22-16)13-2-1-6-19-13/h11-14,16-17,19-22H,1-10H2,(H2,18,24)/t12?,13-,14?,16?,17?/m1/s1. The van der Waals surface area contributed by atoms with Crippen molar-refractivity contribution in [2.75, 3.05) is 26.2 Å². The van der Waals surface area contributed by atoms with E-state index >= 15 is 0 Å². The number of likely N-dealkylation sites (tertiary alicyclic amines) is 1. The van der Waals surface area contributed by atoms with Gasteiger partial charge in [-0.25, -0.2) is 0 Å². The summed E-state index contributed by atoms with van der Waals surface area (Å²) in [4.78, 5) is 19.7. The molecule has 142 valence electrons. The lowest BCUT2D eigenvalue weighted by Gasteiger charge is -2.42. The van der Waals surface area contributed by atoms with Gasteiger partial charge >= 0.3 is 0 Å². The summed E-state index contributed by atoms with van der Waals surface area (Å²) in [5.41, 5.74) is 8.69. The Kier molecular flexibility index (Phi) is 5.54. The van der Waals surface area contributed by atoms with Crippen LogP contribution in [0, 0.1) is 11.8 Å². The number of piperidine rings is 2. The van der Waals surface area contributed by atoms with Crippen molar-refractivity contribution in [3.8, 4) is 0 Å². The second kappa shape index (κ2) is 7.85. The van der Waals surface area contributed by atoms with E-state index < -0.39 is 0 Å². The first-order valence-electron chi connectivity index (χ1n) is 9.88. The molecule has 4 aliphatic heterocycles. The molecule has 0 aromatic rings. The summed E-state index contributed by atoms with van der Waals surface area (Å²) in [5, 5.41) is 10.8. The average Bonchev–Trinajstić information content (AvgIpc) is 3.33. The summed E-state index contributed by atoms with van der Waals surface area (Å²) in [6.07, 6.45) is 7.11. The maximum Gasteiger partial charge on any atom is 0.220 e. The van der Waals surface area contributed by atoms with Crippen molar-refractivity contribution < 1.29 is 9.63 Å². The minimum atomic E-state index is -0.141. The molecule has 1 amide bonds. The lowest BCUT2D eigenvalue weighted by atomic mass is 9.90. The largest absolute Gasteiger partial charge is 0.369 e. The van der Waals surface area contributed by atoms with Crippen LogP contribution in [0.5, 0.6) is 0 Å². The lowest BCUT2D eigenvalue weighted by Crippen LogP contribution is -2.56. The van der Waals surface area contributed by atoms with Gasteiger partial charge in [0.2, 0.25) is 5.91 Å². The van der Waals surface area contributed by atoms with Crippen molar-refractivity contribution in [2.45, 2.75) is 63.1 Å². The van der Waals surface area contributed by atoms with Crippen LogP contribution in [-0.2, 0) is 9.63 Å². The first-order valence-corrected chi connectivity index (χ1v) is 9.88. The van der Waals surface area contributed by atoms with E-state index in [1.165, 1.54) is 12.8 Å². The lowest BCUT2D eigenvalue weighted by molar-refractivity contribution is -0.123. The molecule has 4 unspecified atom stereocenters. The number of hydrogen-bond donors (Lipinski definition) is 5. The summed E-state index contributed by atoms with van der Waals surface area (Å²) in [6.45, 7) is 4.02. The molecule has 4 rings (SSSR count). The minimum absolute atomic E-state index is 0.0573. The molecule has 0 radical (unpaired) electrons. The van der Waals surface area contributed by atoms with E-state index in [0.29, 0.717) is 18.1 Å². The predicted octanol–water partition coefficient (Wildman–Crippen LogP) is -0.962. The average molecular weight is 352 g/mol. The van der Waals surface area contributed by atoms with Gasteiger partial charge in [-0.1, -0.05) is 0 Å². The molecule has 8 nitrogen and oxygen atoms in total. The van der Waals surface area contributed by atoms with Crippen LogP contribution in [0.3, 0.4) is 0 Å². The minimum Gasteiger partial charge on any atom is -0.369 e. The third-order valence-electron chi connectivity index (χ3n) is 6.39. The summed E-state index contributed by atoms with van der Waals surface area (Å²) >= 11 is 0. The fourth-order valence-electron chi connectivity index (χ4n) is 4.79. The number of hydroxylamine groups is 1. The zero-order valence-corrected chi connectivity index (χ0v) is 14.9. The Bertz CT molecular complexity index is 464. The molecule has 4 heterocycles. The monoisotopic (exact) mass is 352 g/mol. The van der Waals surface area contributed by atoms with Crippen LogP contribution in [0.15, 0.2) is 0 Å². The molecule has 0 bridgehead atoms. The van der Waals surface area contributed by atoms with E-state index in [-0.39, 0.29) is 24.2 Å². The van der Waals surface area contributed by atoms with E-state index in [2.05, 4.69) is 26.3 Å². The van der Waals surface area contributed by atoms with Gasteiger partial charge in [0, 0.05) is 25.0 Å². The molecule has 0 aliphatic carbocycles. The number of nitrogens with one attached hydrogen (secondary N) is 4. The number of rotatable bonds is 4. The Morgan fingerprint density at radius 2 is 1.92 bits per heavy atom. The van der Waals surface area contributed by atoms with E-state index in [1.54, 1.807) is 0 Å². The second-order valence-electron chi connectivity index (χ2n) is 7.97. The second-order valence-corrected chi connectivity index (χ2v) is 7.97. The van der Waals surface area contributed by atoms with Gasteiger partial charge in [-0.3, -0.25) is 19.8 Å². The van der Waals surface area contributed by atoms with Gasteiger partial charge in [-0.2, -0.15) is 5.48 Å². The fraction of sp³-hybridized carbons (Fsp3) is 0.941. The molecule has 4 saturated heterocycles. The number of carbonyl (C=O) groups excluding carboxylic acids is 1. The Labute approximate surface area is 149 Å². The number of primary amides is 1. The van der Waals surface area contributed by atoms with Crippen molar-refractivity contribution >= 4 is 5.91 Å². The van der Waals surface area contributed by atoms with E-state index in [4.69, 9.17) is 10.6 Å². The van der Waals surface area contributed by atoms with Crippen LogP contribution >= 0.6 is 0 Å². The molecular weight excluding hydrogens is 320 g/mol. The van der Waals surface area contributed by atoms with E-state index in [9.17, 15) is 4.79 Å². The molecule has 0 aromatic heterocycles. The highest BCUT2D eigenvalue weighted by molar-refractivity contribution is 5.76. The van der Waals surface area contributed by atoms with Gasteiger partial charge in [0.05, 0.1) is 12.3 Å². The molecule has 5 atom stereocenters. The number of carbonyl (C=O) groups is 1. The van der Waals surface area contributed by atoms with Crippen LogP contribution < -0.4 is 27.2 Å². The Morgan fingerprint density at radius 3 is 2.64 bits per heavy atom. The third kappa shape index (κ3) is 3.99. The van der Waals surface area contributed by atoms with Gasteiger partial charge in [-0.05, 0) is 57.5 Å².